The summed E-state index contributed by atoms with van der Waals surface area (Å²) < 4.78 is 33.4. The topological polar surface area (TPSA) is 58.4 Å². The summed E-state index contributed by atoms with van der Waals surface area (Å²) in [5.74, 6) is -0.849. The van der Waals surface area contributed by atoms with Gasteiger partial charge in [-0.05, 0) is 67.3 Å². The van der Waals surface area contributed by atoms with Crippen molar-refractivity contribution in [1.29, 1.82) is 0 Å². The summed E-state index contributed by atoms with van der Waals surface area (Å²) in [5, 5.41) is 3.47. The molecule has 5 nitrogen and oxygen atoms in total. The highest BCUT2D eigenvalue weighted by Crippen LogP contribution is 2.35. The first-order valence-corrected chi connectivity index (χ1v) is 11.0. The third kappa shape index (κ3) is 4.16. The number of nitrogens with one attached hydrogen (secondary N) is 1. The number of carbonyl (C=O) groups excluding carboxylic acids is 1. The molecule has 168 valence electrons. The number of oxazole rings is 1. The summed E-state index contributed by atoms with van der Waals surface area (Å²) in [7, 11) is 0. The molecule has 1 aromatic heterocycles. The number of hydrogen-bond donors (Lipinski definition) is 1. The van der Waals surface area contributed by atoms with E-state index < -0.39 is 11.6 Å². The summed E-state index contributed by atoms with van der Waals surface area (Å²) >= 11 is 6.17. The molecule has 1 aliphatic rings. The van der Waals surface area contributed by atoms with Gasteiger partial charge in [0.15, 0.2) is 5.58 Å². The highest BCUT2D eigenvalue weighted by atomic mass is 35.5. The predicted octanol–water partition coefficient (Wildman–Crippen LogP) is 7.10. The number of urea groups is 1. The first-order valence-electron chi connectivity index (χ1n) is 10.6. The molecule has 1 unspecified atom stereocenters. The number of carbonyl (C=O) groups is 1. The standard InChI is InChI=1S/C25H20ClF2N3O2/c1-14-4-7-17(13-19(14)26)29-25(32)31-10-2-3-22(31)24-30-21-11-15(5-9-23(21)33-24)18-8-6-16(27)12-20(18)28/h4-9,11-13,22H,2-3,10H2,1H3,(H,29,32). The van der Waals surface area contributed by atoms with Crippen molar-refractivity contribution in [2.45, 2.75) is 25.8 Å². The van der Waals surface area contributed by atoms with E-state index in [-0.39, 0.29) is 17.6 Å². The molecule has 0 saturated carbocycles. The molecule has 1 N–H and O–H groups in total. The van der Waals surface area contributed by atoms with Gasteiger partial charge in [-0.3, -0.25) is 0 Å². The molecular weight excluding hydrogens is 448 g/mol. The normalized spacial score (nSPS) is 15.9. The van der Waals surface area contributed by atoms with Crippen molar-refractivity contribution in [2.75, 3.05) is 11.9 Å². The van der Waals surface area contributed by atoms with Crippen LogP contribution in [0.3, 0.4) is 0 Å². The van der Waals surface area contributed by atoms with Crippen LogP contribution in [0.5, 0.6) is 0 Å². The highest BCUT2D eigenvalue weighted by molar-refractivity contribution is 6.31. The molecule has 0 bridgehead atoms. The first-order chi connectivity index (χ1) is 15.9. The number of aryl methyl sites for hydroxylation is 1. The van der Waals surface area contributed by atoms with E-state index in [4.69, 9.17) is 16.0 Å². The molecule has 3 aromatic carbocycles. The zero-order valence-electron chi connectivity index (χ0n) is 17.7. The number of anilines is 1. The fourth-order valence-corrected chi connectivity index (χ4v) is 4.29. The second-order valence-corrected chi connectivity index (χ2v) is 8.51. The summed E-state index contributed by atoms with van der Waals surface area (Å²) in [4.78, 5) is 19.2. The Morgan fingerprint density at radius 3 is 2.79 bits per heavy atom. The van der Waals surface area contributed by atoms with Crippen molar-refractivity contribution in [1.82, 2.24) is 9.88 Å². The second-order valence-electron chi connectivity index (χ2n) is 8.10. The van der Waals surface area contributed by atoms with E-state index in [1.165, 1.54) is 12.1 Å². The number of amides is 2. The lowest BCUT2D eigenvalue weighted by Gasteiger charge is -2.22. The van der Waals surface area contributed by atoms with Gasteiger partial charge in [-0.1, -0.05) is 23.7 Å². The van der Waals surface area contributed by atoms with Gasteiger partial charge in [0, 0.05) is 28.9 Å². The molecule has 1 saturated heterocycles. The molecule has 5 rings (SSSR count). The molecule has 2 heterocycles. The van der Waals surface area contributed by atoms with Gasteiger partial charge in [0.1, 0.15) is 23.2 Å². The fourth-order valence-electron chi connectivity index (χ4n) is 4.11. The number of nitrogens with zero attached hydrogens (tertiary/aromatic N) is 2. The number of rotatable bonds is 3. The van der Waals surface area contributed by atoms with E-state index in [9.17, 15) is 13.6 Å². The van der Waals surface area contributed by atoms with Gasteiger partial charge in [-0.25, -0.2) is 18.6 Å². The quantitative estimate of drug-likeness (QED) is 0.349. The number of hydrogen-bond acceptors (Lipinski definition) is 3. The third-order valence-electron chi connectivity index (χ3n) is 5.87. The maximum Gasteiger partial charge on any atom is 0.322 e. The number of fused-ring (bicyclic) bond motifs is 1. The second kappa shape index (κ2) is 8.48. The van der Waals surface area contributed by atoms with Crippen LogP contribution in [0.25, 0.3) is 22.2 Å². The van der Waals surface area contributed by atoms with Gasteiger partial charge in [0.05, 0.1) is 0 Å². The molecule has 8 heteroatoms. The average Bonchev–Trinajstić information content (AvgIpc) is 3.42. The lowest BCUT2D eigenvalue weighted by atomic mass is 10.0. The molecule has 4 aromatic rings. The minimum Gasteiger partial charge on any atom is -0.438 e. The van der Waals surface area contributed by atoms with E-state index in [1.807, 2.05) is 13.0 Å². The number of benzene rings is 3. The van der Waals surface area contributed by atoms with E-state index in [2.05, 4.69) is 10.3 Å². The molecule has 2 amide bonds. The summed E-state index contributed by atoms with van der Waals surface area (Å²) in [5.41, 5.74) is 3.47. The molecule has 0 radical (unpaired) electrons. The minimum absolute atomic E-state index is 0.256. The third-order valence-corrected chi connectivity index (χ3v) is 6.28. The van der Waals surface area contributed by atoms with Gasteiger partial charge in [0.2, 0.25) is 5.89 Å². The summed E-state index contributed by atoms with van der Waals surface area (Å²) in [6, 6.07) is 13.4. The van der Waals surface area contributed by atoms with Crippen LogP contribution in [0.2, 0.25) is 5.02 Å². The van der Waals surface area contributed by atoms with Crippen molar-refractivity contribution in [2.24, 2.45) is 0 Å². The van der Waals surface area contributed by atoms with E-state index in [1.54, 1.807) is 35.2 Å². The summed E-state index contributed by atoms with van der Waals surface area (Å²) in [6.07, 6.45) is 1.53. The maximum absolute atomic E-state index is 14.2. The zero-order chi connectivity index (χ0) is 23.1. The largest absolute Gasteiger partial charge is 0.438 e. The van der Waals surface area contributed by atoms with Crippen LogP contribution in [0.4, 0.5) is 19.3 Å². The number of aromatic nitrogens is 1. The lowest BCUT2D eigenvalue weighted by molar-refractivity contribution is 0.199. The van der Waals surface area contributed by atoms with Crippen molar-refractivity contribution in [3.8, 4) is 11.1 Å². The van der Waals surface area contributed by atoms with Gasteiger partial charge in [-0.2, -0.15) is 0 Å². The van der Waals surface area contributed by atoms with Crippen molar-refractivity contribution in [3.05, 3.63) is 82.7 Å². The molecule has 1 fully saturated rings. The molecule has 1 aliphatic heterocycles. The van der Waals surface area contributed by atoms with Crippen LogP contribution in [-0.2, 0) is 0 Å². The van der Waals surface area contributed by atoms with Gasteiger partial charge >= 0.3 is 6.03 Å². The Morgan fingerprint density at radius 2 is 2.00 bits per heavy atom. The molecule has 1 atom stereocenters. The van der Waals surface area contributed by atoms with Crippen LogP contribution in [-0.4, -0.2) is 22.5 Å². The SMILES string of the molecule is Cc1ccc(NC(=O)N2CCCC2c2nc3cc(-c4ccc(F)cc4F)ccc3o2)cc1Cl. The van der Waals surface area contributed by atoms with Crippen molar-refractivity contribution in [3.63, 3.8) is 0 Å². The molecule has 0 aliphatic carbocycles. The molecular formula is C25H20ClF2N3O2. The first kappa shape index (κ1) is 21.4. The van der Waals surface area contributed by atoms with Crippen molar-refractivity contribution < 1.29 is 18.0 Å². The Hall–Kier alpha value is -3.45. The molecule has 33 heavy (non-hydrogen) atoms. The number of halogens is 3. The van der Waals surface area contributed by atoms with Gasteiger partial charge in [-0.15, -0.1) is 0 Å². The average molecular weight is 468 g/mol. The van der Waals surface area contributed by atoms with Gasteiger partial charge < -0.3 is 14.6 Å². The van der Waals surface area contributed by atoms with Crippen LogP contribution in [0.15, 0.2) is 59.0 Å². The van der Waals surface area contributed by atoms with Gasteiger partial charge in [0.25, 0.3) is 0 Å². The van der Waals surface area contributed by atoms with Crippen LogP contribution in [0.1, 0.15) is 30.3 Å². The predicted molar refractivity (Wildman–Crippen MR) is 123 cm³/mol. The Balaban J connectivity index is 1.40. The summed E-state index contributed by atoms with van der Waals surface area (Å²) in [6.45, 7) is 2.47. The van der Waals surface area contributed by atoms with Crippen LogP contribution < -0.4 is 5.32 Å². The van der Waals surface area contributed by atoms with Crippen molar-refractivity contribution >= 4 is 34.4 Å². The lowest BCUT2D eigenvalue weighted by Crippen LogP contribution is -2.34. The highest BCUT2D eigenvalue weighted by Gasteiger charge is 2.33. The fraction of sp³-hybridized carbons (Fsp3) is 0.200. The monoisotopic (exact) mass is 467 g/mol. The Morgan fingerprint density at radius 1 is 1.15 bits per heavy atom. The zero-order valence-corrected chi connectivity index (χ0v) is 18.5. The number of likely N-dealkylation sites (tertiary alicyclic amines) is 1. The molecule has 0 spiro atoms. The minimum atomic E-state index is -0.645. The maximum atomic E-state index is 14.2. The smallest absolute Gasteiger partial charge is 0.322 e. The Bertz CT molecular complexity index is 1370. The van der Waals surface area contributed by atoms with E-state index in [0.717, 1.165) is 18.1 Å². The van der Waals surface area contributed by atoms with Crippen LogP contribution in [0, 0.1) is 18.6 Å². The Kier molecular flexibility index (Phi) is 5.50. The van der Waals surface area contributed by atoms with Crippen LogP contribution >= 0.6 is 11.6 Å². The van der Waals surface area contributed by atoms with E-state index in [0.29, 0.717) is 46.2 Å². The van der Waals surface area contributed by atoms with E-state index >= 15 is 0 Å². The Labute approximate surface area is 194 Å².